The SMILES string of the molecule is CC[C@H](C(=O)N[C@H](CC(C)C)c1ccccc1)N(c1ccccc1F)S(C)(=O)=O. The van der Waals surface area contributed by atoms with Gasteiger partial charge in [-0.3, -0.25) is 9.10 Å². The summed E-state index contributed by atoms with van der Waals surface area (Å²) in [6.07, 6.45) is 1.89. The van der Waals surface area contributed by atoms with Gasteiger partial charge in [0.1, 0.15) is 11.9 Å². The van der Waals surface area contributed by atoms with Gasteiger partial charge in [0.25, 0.3) is 0 Å². The average Bonchev–Trinajstić information content (AvgIpc) is 2.65. The fraction of sp³-hybridized carbons (Fsp3) is 0.409. The number of carbonyl (C=O) groups excluding carboxylic acids is 1. The number of nitrogens with one attached hydrogen (secondary N) is 1. The van der Waals surface area contributed by atoms with Gasteiger partial charge in [0, 0.05) is 0 Å². The van der Waals surface area contributed by atoms with Gasteiger partial charge in [-0.2, -0.15) is 0 Å². The molecular formula is C22H29FN2O3S. The first-order valence-corrected chi connectivity index (χ1v) is 11.6. The van der Waals surface area contributed by atoms with Gasteiger partial charge in [0.05, 0.1) is 18.0 Å². The first-order valence-electron chi connectivity index (χ1n) is 9.74. The Labute approximate surface area is 173 Å². The Kier molecular flexibility index (Phi) is 7.79. The molecule has 0 bridgehead atoms. The van der Waals surface area contributed by atoms with Gasteiger partial charge in [-0.1, -0.05) is 63.2 Å². The van der Waals surface area contributed by atoms with Gasteiger partial charge in [-0.05, 0) is 36.5 Å². The van der Waals surface area contributed by atoms with Crippen LogP contribution < -0.4 is 9.62 Å². The van der Waals surface area contributed by atoms with E-state index in [4.69, 9.17) is 0 Å². The highest BCUT2D eigenvalue weighted by atomic mass is 32.2. The van der Waals surface area contributed by atoms with E-state index in [0.29, 0.717) is 12.3 Å². The zero-order valence-electron chi connectivity index (χ0n) is 17.3. The molecule has 7 heteroatoms. The molecule has 0 radical (unpaired) electrons. The highest BCUT2D eigenvalue weighted by Crippen LogP contribution is 2.27. The topological polar surface area (TPSA) is 66.5 Å². The van der Waals surface area contributed by atoms with E-state index in [9.17, 15) is 17.6 Å². The molecule has 2 atom stereocenters. The van der Waals surface area contributed by atoms with Crippen LogP contribution in [0.5, 0.6) is 0 Å². The molecule has 0 unspecified atom stereocenters. The summed E-state index contributed by atoms with van der Waals surface area (Å²) in [5, 5.41) is 2.99. The fourth-order valence-corrected chi connectivity index (χ4v) is 4.58. The van der Waals surface area contributed by atoms with Gasteiger partial charge >= 0.3 is 0 Å². The van der Waals surface area contributed by atoms with Crippen LogP contribution in [0.2, 0.25) is 0 Å². The van der Waals surface area contributed by atoms with Gasteiger partial charge in [0.2, 0.25) is 15.9 Å². The molecule has 2 aromatic rings. The lowest BCUT2D eigenvalue weighted by atomic mass is 9.96. The van der Waals surface area contributed by atoms with Crippen molar-refractivity contribution in [1.82, 2.24) is 5.32 Å². The van der Waals surface area contributed by atoms with Crippen molar-refractivity contribution in [2.24, 2.45) is 5.92 Å². The van der Waals surface area contributed by atoms with Crippen molar-refractivity contribution in [3.8, 4) is 0 Å². The maximum absolute atomic E-state index is 14.4. The van der Waals surface area contributed by atoms with Crippen LogP contribution in [0.15, 0.2) is 54.6 Å². The van der Waals surface area contributed by atoms with Crippen LogP contribution in [-0.4, -0.2) is 26.6 Å². The smallest absolute Gasteiger partial charge is 0.244 e. The lowest BCUT2D eigenvalue weighted by Gasteiger charge is -2.32. The van der Waals surface area contributed by atoms with Gasteiger partial charge in [-0.25, -0.2) is 12.8 Å². The third kappa shape index (κ3) is 6.03. The number of amides is 1. The minimum absolute atomic E-state index is 0.128. The molecule has 2 rings (SSSR count). The van der Waals surface area contributed by atoms with Crippen LogP contribution in [0.3, 0.4) is 0 Å². The second-order valence-electron chi connectivity index (χ2n) is 7.54. The van der Waals surface area contributed by atoms with Crippen LogP contribution in [0.4, 0.5) is 10.1 Å². The van der Waals surface area contributed by atoms with E-state index < -0.39 is 27.8 Å². The van der Waals surface area contributed by atoms with Crippen LogP contribution in [0.25, 0.3) is 0 Å². The maximum atomic E-state index is 14.4. The number of hydrogen-bond acceptors (Lipinski definition) is 3. The molecule has 0 saturated heterocycles. The summed E-state index contributed by atoms with van der Waals surface area (Å²) in [6.45, 7) is 5.83. The Morgan fingerprint density at radius 2 is 1.66 bits per heavy atom. The van der Waals surface area contributed by atoms with Crippen molar-refractivity contribution in [2.45, 2.75) is 45.7 Å². The molecule has 158 valence electrons. The third-order valence-corrected chi connectivity index (χ3v) is 5.81. The molecule has 0 aliphatic carbocycles. The van der Waals surface area contributed by atoms with Crippen molar-refractivity contribution < 1.29 is 17.6 Å². The second-order valence-corrected chi connectivity index (χ2v) is 9.40. The largest absolute Gasteiger partial charge is 0.347 e. The Morgan fingerprint density at radius 3 is 2.17 bits per heavy atom. The van der Waals surface area contributed by atoms with E-state index in [-0.39, 0.29) is 18.2 Å². The van der Waals surface area contributed by atoms with Crippen molar-refractivity contribution in [3.05, 3.63) is 66.0 Å². The molecule has 0 saturated carbocycles. The third-order valence-electron chi connectivity index (χ3n) is 4.65. The van der Waals surface area contributed by atoms with Crippen molar-refractivity contribution in [3.63, 3.8) is 0 Å². The number of hydrogen-bond donors (Lipinski definition) is 1. The summed E-state index contributed by atoms with van der Waals surface area (Å²) in [7, 11) is -3.89. The predicted octanol–water partition coefficient (Wildman–Crippen LogP) is 4.27. The molecule has 1 N–H and O–H groups in total. The van der Waals surface area contributed by atoms with E-state index in [2.05, 4.69) is 19.2 Å². The Balaban J connectivity index is 2.39. The van der Waals surface area contributed by atoms with Crippen LogP contribution in [0.1, 0.15) is 45.2 Å². The summed E-state index contributed by atoms with van der Waals surface area (Å²) in [4.78, 5) is 13.2. The highest BCUT2D eigenvalue weighted by molar-refractivity contribution is 7.92. The Hall–Kier alpha value is -2.41. The normalized spacial score (nSPS) is 13.7. The van der Waals surface area contributed by atoms with Gasteiger partial charge < -0.3 is 5.32 Å². The minimum Gasteiger partial charge on any atom is -0.347 e. The predicted molar refractivity (Wildman–Crippen MR) is 115 cm³/mol. The molecule has 0 spiro atoms. The van der Waals surface area contributed by atoms with Crippen LogP contribution >= 0.6 is 0 Å². The number of nitrogens with zero attached hydrogens (tertiary/aromatic N) is 1. The van der Waals surface area contributed by atoms with Crippen LogP contribution in [-0.2, 0) is 14.8 Å². The second kappa shape index (κ2) is 9.87. The number of para-hydroxylation sites is 1. The molecule has 1 amide bonds. The Morgan fingerprint density at radius 1 is 1.07 bits per heavy atom. The number of halogens is 1. The van der Waals surface area contributed by atoms with Gasteiger partial charge in [-0.15, -0.1) is 0 Å². The van der Waals surface area contributed by atoms with Crippen LogP contribution in [0, 0.1) is 11.7 Å². The van der Waals surface area contributed by atoms with Crippen molar-refractivity contribution in [2.75, 3.05) is 10.6 Å². The lowest BCUT2D eigenvalue weighted by Crippen LogP contribution is -2.50. The molecule has 5 nitrogen and oxygen atoms in total. The summed E-state index contributed by atoms with van der Waals surface area (Å²) in [5.41, 5.74) is 0.818. The molecule has 2 aromatic carbocycles. The molecule has 29 heavy (non-hydrogen) atoms. The monoisotopic (exact) mass is 420 g/mol. The van der Waals surface area contributed by atoms with E-state index in [1.807, 2.05) is 30.3 Å². The average molecular weight is 421 g/mol. The standard InChI is InChI=1S/C22H29FN2O3S/c1-5-20(25(29(4,27)28)21-14-10-9-13-18(21)23)22(26)24-19(15-16(2)3)17-11-7-6-8-12-17/h6-14,16,19-20H,5,15H2,1-4H3,(H,24,26)/t19-,20-/m1/s1. The number of carbonyl (C=O) groups is 1. The molecule has 0 fully saturated rings. The number of benzene rings is 2. The molecular weight excluding hydrogens is 391 g/mol. The quantitative estimate of drug-likeness (QED) is 0.659. The maximum Gasteiger partial charge on any atom is 0.244 e. The minimum atomic E-state index is -3.89. The lowest BCUT2D eigenvalue weighted by molar-refractivity contribution is -0.123. The first-order chi connectivity index (χ1) is 13.6. The number of rotatable bonds is 9. The number of sulfonamides is 1. The molecule has 0 aliphatic rings. The van der Waals surface area contributed by atoms with Crippen molar-refractivity contribution in [1.29, 1.82) is 0 Å². The summed E-state index contributed by atoms with van der Waals surface area (Å²) < 4.78 is 40.3. The molecule has 0 aromatic heterocycles. The van der Waals surface area contributed by atoms with E-state index >= 15 is 0 Å². The highest BCUT2D eigenvalue weighted by Gasteiger charge is 2.34. The van der Waals surface area contributed by atoms with E-state index in [1.54, 1.807) is 13.0 Å². The first kappa shape index (κ1) is 22.9. The molecule has 0 aliphatic heterocycles. The van der Waals surface area contributed by atoms with Gasteiger partial charge in [0.15, 0.2) is 0 Å². The fourth-order valence-electron chi connectivity index (χ4n) is 3.37. The zero-order chi connectivity index (χ0) is 21.6. The number of anilines is 1. The Bertz CT molecular complexity index is 917. The van der Waals surface area contributed by atoms with E-state index in [0.717, 1.165) is 16.1 Å². The van der Waals surface area contributed by atoms with E-state index in [1.165, 1.54) is 18.2 Å². The zero-order valence-corrected chi connectivity index (χ0v) is 18.1. The van der Waals surface area contributed by atoms with Crippen molar-refractivity contribution >= 4 is 21.6 Å². The summed E-state index contributed by atoms with van der Waals surface area (Å²) in [6, 6.07) is 13.8. The summed E-state index contributed by atoms with van der Waals surface area (Å²) >= 11 is 0. The molecule has 0 heterocycles. The summed E-state index contributed by atoms with van der Waals surface area (Å²) in [5.74, 6) is -0.820.